The lowest BCUT2D eigenvalue weighted by Crippen LogP contribution is -1.92. The molecule has 1 rings (SSSR count). The van der Waals surface area contributed by atoms with Gasteiger partial charge < -0.3 is 4.74 Å². The summed E-state index contributed by atoms with van der Waals surface area (Å²) in [5.74, 6) is 0. The van der Waals surface area contributed by atoms with Gasteiger partial charge >= 0.3 is 0 Å². The fourth-order valence-electron chi connectivity index (χ4n) is 0.523. The van der Waals surface area contributed by atoms with Crippen molar-refractivity contribution in [3.63, 3.8) is 0 Å². The molecule has 0 saturated carbocycles. The Kier molecular flexibility index (Phi) is 2.37. The van der Waals surface area contributed by atoms with Crippen molar-refractivity contribution in [1.29, 1.82) is 0 Å². The zero-order chi connectivity index (χ0) is 7.23. The minimum absolute atomic E-state index is 0.214. The molecular weight excluding hydrogens is 132 g/mol. The molecule has 1 aromatic rings. The quantitative estimate of drug-likeness (QED) is 0.558. The van der Waals surface area contributed by atoms with Gasteiger partial charge in [0.1, 0.15) is 12.9 Å². The van der Waals surface area contributed by atoms with Crippen molar-refractivity contribution in [3.05, 3.63) is 24.3 Å². The van der Waals surface area contributed by atoms with Crippen LogP contribution in [0.5, 0.6) is 0 Å². The highest BCUT2D eigenvalue weighted by atomic mass is 16.5. The maximum Gasteiger partial charge on any atom is 0.293 e. The van der Waals surface area contributed by atoms with Crippen LogP contribution >= 0.6 is 0 Å². The molecule has 10 heavy (non-hydrogen) atoms. The van der Waals surface area contributed by atoms with E-state index in [-0.39, 0.29) is 6.61 Å². The largest absolute Gasteiger partial charge is 0.461 e. The molecule has 0 aliphatic heterocycles. The van der Waals surface area contributed by atoms with E-state index in [0.717, 1.165) is 0 Å². The smallest absolute Gasteiger partial charge is 0.293 e. The van der Waals surface area contributed by atoms with Gasteiger partial charge in [-0.05, 0) is 6.07 Å². The predicted molar refractivity (Wildman–Crippen MR) is 32.9 cm³/mol. The highest BCUT2D eigenvalue weighted by molar-refractivity contribution is 5.37. The van der Waals surface area contributed by atoms with Crippen molar-refractivity contribution in [2.45, 2.75) is 6.61 Å². The van der Waals surface area contributed by atoms with Crippen molar-refractivity contribution in [3.8, 4) is 0 Å². The van der Waals surface area contributed by atoms with Gasteiger partial charge in [-0.15, -0.1) is 0 Å². The topological polar surface area (TPSA) is 52.1 Å². The van der Waals surface area contributed by atoms with Crippen LogP contribution in [0.15, 0.2) is 18.6 Å². The molecule has 0 fully saturated rings. The zero-order valence-electron chi connectivity index (χ0n) is 5.23. The fraction of sp³-hybridized carbons (Fsp3) is 0.167. The Hall–Kier alpha value is -1.45. The summed E-state index contributed by atoms with van der Waals surface area (Å²) < 4.78 is 4.45. The molecule has 1 aromatic heterocycles. The Morgan fingerprint density at radius 1 is 1.70 bits per heavy atom. The van der Waals surface area contributed by atoms with E-state index in [0.29, 0.717) is 12.2 Å². The Balaban J connectivity index is 2.50. The molecule has 1 heterocycles. The van der Waals surface area contributed by atoms with Gasteiger partial charge in [-0.2, -0.15) is 0 Å². The highest BCUT2D eigenvalue weighted by Gasteiger charge is 1.89. The van der Waals surface area contributed by atoms with Crippen LogP contribution in [0.25, 0.3) is 0 Å². The van der Waals surface area contributed by atoms with Crippen molar-refractivity contribution in [2.24, 2.45) is 0 Å². The minimum atomic E-state index is 0.214. The maximum absolute atomic E-state index is 9.71. The summed E-state index contributed by atoms with van der Waals surface area (Å²) in [5, 5.41) is 0. The number of carbonyl (C=O) groups excluding carboxylic acids is 1. The number of ether oxygens (including phenoxy) is 1. The van der Waals surface area contributed by atoms with E-state index in [1.54, 1.807) is 12.3 Å². The summed E-state index contributed by atoms with van der Waals surface area (Å²) in [4.78, 5) is 17.2. The fourth-order valence-corrected chi connectivity index (χ4v) is 0.523. The molecule has 0 atom stereocenters. The Morgan fingerprint density at radius 2 is 2.60 bits per heavy atom. The number of nitrogens with zero attached hydrogens (tertiary/aromatic N) is 2. The number of hydrogen-bond acceptors (Lipinski definition) is 4. The third kappa shape index (κ3) is 1.81. The van der Waals surface area contributed by atoms with Crippen molar-refractivity contribution in [1.82, 2.24) is 9.97 Å². The summed E-state index contributed by atoms with van der Waals surface area (Å²) in [6, 6.07) is 1.68. The van der Waals surface area contributed by atoms with Crippen LogP contribution in [0.4, 0.5) is 0 Å². The molecular formula is C6H6N2O2. The standard InChI is InChI=1S/C6H6N2O2/c9-5-10-3-6-1-2-7-4-8-6/h1-2,4-5H,3H2. The Morgan fingerprint density at radius 3 is 3.20 bits per heavy atom. The molecule has 0 amide bonds. The predicted octanol–water partition coefficient (Wildman–Crippen LogP) is 0.150. The van der Waals surface area contributed by atoms with Crippen LogP contribution in [0.1, 0.15) is 5.69 Å². The van der Waals surface area contributed by atoms with Gasteiger partial charge in [-0.3, -0.25) is 4.79 Å². The molecule has 4 heteroatoms. The molecule has 0 unspecified atom stereocenters. The van der Waals surface area contributed by atoms with E-state index < -0.39 is 0 Å². The lowest BCUT2D eigenvalue weighted by atomic mass is 10.4. The molecule has 0 bridgehead atoms. The molecule has 0 aliphatic rings. The number of carbonyl (C=O) groups is 1. The molecule has 4 nitrogen and oxygen atoms in total. The zero-order valence-corrected chi connectivity index (χ0v) is 5.23. The second-order valence-corrected chi connectivity index (χ2v) is 1.61. The van der Waals surface area contributed by atoms with Crippen molar-refractivity contribution < 1.29 is 9.53 Å². The Bertz CT molecular complexity index is 200. The second-order valence-electron chi connectivity index (χ2n) is 1.61. The van der Waals surface area contributed by atoms with Gasteiger partial charge in [0.05, 0.1) is 5.69 Å². The summed E-state index contributed by atoms with van der Waals surface area (Å²) in [6.45, 7) is 0.605. The normalized spacial score (nSPS) is 8.80. The molecule has 0 N–H and O–H groups in total. The van der Waals surface area contributed by atoms with Crippen LogP contribution in [-0.2, 0) is 16.1 Å². The minimum Gasteiger partial charge on any atom is -0.461 e. The van der Waals surface area contributed by atoms with Crippen LogP contribution in [0.2, 0.25) is 0 Å². The molecule has 0 radical (unpaired) electrons. The third-order valence-corrected chi connectivity index (χ3v) is 0.942. The van der Waals surface area contributed by atoms with Gasteiger partial charge in [-0.25, -0.2) is 9.97 Å². The number of hydrogen-bond donors (Lipinski definition) is 0. The van der Waals surface area contributed by atoms with Crippen molar-refractivity contribution in [2.75, 3.05) is 0 Å². The first-order chi connectivity index (χ1) is 4.93. The number of rotatable bonds is 3. The average molecular weight is 138 g/mol. The molecule has 0 aromatic carbocycles. The van der Waals surface area contributed by atoms with Gasteiger partial charge in [0.2, 0.25) is 0 Å². The van der Waals surface area contributed by atoms with Gasteiger partial charge in [-0.1, -0.05) is 0 Å². The lowest BCUT2D eigenvalue weighted by molar-refractivity contribution is -0.129. The third-order valence-electron chi connectivity index (χ3n) is 0.942. The van der Waals surface area contributed by atoms with E-state index in [1.165, 1.54) is 6.33 Å². The number of aromatic nitrogens is 2. The van der Waals surface area contributed by atoms with E-state index in [1.807, 2.05) is 0 Å². The van der Waals surface area contributed by atoms with Crippen molar-refractivity contribution >= 4 is 6.47 Å². The summed E-state index contributed by atoms with van der Waals surface area (Å²) in [5.41, 5.74) is 0.696. The van der Waals surface area contributed by atoms with Crippen LogP contribution in [0.3, 0.4) is 0 Å². The second kappa shape index (κ2) is 3.55. The van der Waals surface area contributed by atoms with Gasteiger partial charge in [0.25, 0.3) is 6.47 Å². The SMILES string of the molecule is O=COCc1ccncn1. The molecule has 0 saturated heterocycles. The Labute approximate surface area is 57.9 Å². The van der Waals surface area contributed by atoms with Gasteiger partial charge in [0, 0.05) is 6.20 Å². The van der Waals surface area contributed by atoms with E-state index in [4.69, 9.17) is 0 Å². The summed E-state index contributed by atoms with van der Waals surface area (Å²) in [6.07, 6.45) is 3.00. The first-order valence-corrected chi connectivity index (χ1v) is 2.73. The first kappa shape index (κ1) is 6.67. The summed E-state index contributed by atoms with van der Waals surface area (Å²) >= 11 is 0. The van der Waals surface area contributed by atoms with Crippen LogP contribution in [-0.4, -0.2) is 16.4 Å². The summed E-state index contributed by atoms with van der Waals surface area (Å²) in [7, 11) is 0. The van der Waals surface area contributed by atoms with Crippen LogP contribution < -0.4 is 0 Å². The van der Waals surface area contributed by atoms with E-state index >= 15 is 0 Å². The van der Waals surface area contributed by atoms with E-state index in [2.05, 4.69) is 14.7 Å². The van der Waals surface area contributed by atoms with Crippen LogP contribution in [0, 0.1) is 0 Å². The average Bonchev–Trinajstić information content (AvgIpc) is 2.03. The monoisotopic (exact) mass is 138 g/mol. The van der Waals surface area contributed by atoms with E-state index in [9.17, 15) is 4.79 Å². The first-order valence-electron chi connectivity index (χ1n) is 2.73. The molecule has 52 valence electrons. The maximum atomic E-state index is 9.71. The molecule has 0 spiro atoms. The molecule has 0 aliphatic carbocycles. The van der Waals surface area contributed by atoms with Gasteiger partial charge in [0.15, 0.2) is 0 Å². The lowest BCUT2D eigenvalue weighted by Gasteiger charge is -1.94. The highest BCUT2D eigenvalue weighted by Crippen LogP contribution is 1.91.